The van der Waals surface area contributed by atoms with Crippen molar-refractivity contribution < 1.29 is 14.6 Å². The third kappa shape index (κ3) is 1.14. The Morgan fingerprint density at radius 1 is 1.26 bits per heavy atom. The summed E-state index contributed by atoms with van der Waals surface area (Å²) in [5.74, 6) is 3.94. The lowest BCUT2D eigenvalue weighted by atomic mass is 9.58. The molecule has 0 saturated heterocycles. The second-order valence-electron chi connectivity index (χ2n) is 7.72. The Bertz CT molecular complexity index is 805. The Balaban J connectivity index is 1.74. The SMILES string of the molecule is COC1=CC=C2[C@@H]3CCCC4C3Cc3ccc(O)c5c3[C@@]24[C@H]1O5. The summed E-state index contributed by atoms with van der Waals surface area (Å²) in [6.07, 6.45) is 9.33. The van der Waals surface area contributed by atoms with Crippen molar-refractivity contribution in [2.45, 2.75) is 37.2 Å². The zero-order valence-corrected chi connectivity index (χ0v) is 13.2. The highest BCUT2D eigenvalue weighted by Crippen LogP contribution is 2.72. The Hall–Kier alpha value is -1.90. The van der Waals surface area contributed by atoms with Crippen molar-refractivity contribution in [2.24, 2.45) is 17.8 Å². The number of benzene rings is 1. The van der Waals surface area contributed by atoms with Crippen LogP contribution >= 0.6 is 0 Å². The van der Waals surface area contributed by atoms with Crippen LogP contribution in [-0.2, 0) is 16.6 Å². The van der Waals surface area contributed by atoms with Gasteiger partial charge >= 0.3 is 0 Å². The summed E-state index contributed by atoms with van der Waals surface area (Å²) in [6, 6.07) is 3.93. The van der Waals surface area contributed by atoms with Gasteiger partial charge < -0.3 is 14.6 Å². The molecule has 3 nitrogen and oxygen atoms in total. The quantitative estimate of drug-likeness (QED) is 0.863. The van der Waals surface area contributed by atoms with Gasteiger partial charge in [-0.25, -0.2) is 0 Å². The predicted octanol–water partition coefficient (Wildman–Crippen LogP) is 3.46. The summed E-state index contributed by atoms with van der Waals surface area (Å²) in [5, 5.41) is 10.4. The van der Waals surface area contributed by atoms with Crippen molar-refractivity contribution in [1.82, 2.24) is 0 Å². The molecule has 2 unspecified atom stereocenters. The summed E-state index contributed by atoms with van der Waals surface area (Å²) in [6.45, 7) is 0. The average Bonchev–Trinajstić information content (AvgIpc) is 2.95. The predicted molar refractivity (Wildman–Crippen MR) is 85.4 cm³/mol. The molecule has 5 aliphatic rings. The van der Waals surface area contributed by atoms with Gasteiger partial charge in [0.05, 0.1) is 12.5 Å². The molecule has 118 valence electrons. The van der Waals surface area contributed by atoms with Crippen LogP contribution in [0.2, 0.25) is 0 Å². The van der Waals surface area contributed by atoms with E-state index in [0.29, 0.717) is 17.6 Å². The molecule has 1 spiro atoms. The van der Waals surface area contributed by atoms with Crippen LogP contribution in [0, 0.1) is 17.8 Å². The molecule has 4 bridgehead atoms. The molecule has 0 aromatic heterocycles. The van der Waals surface area contributed by atoms with E-state index < -0.39 is 0 Å². The molecule has 23 heavy (non-hydrogen) atoms. The summed E-state index contributed by atoms with van der Waals surface area (Å²) in [5.41, 5.74) is 4.14. The van der Waals surface area contributed by atoms with E-state index in [0.717, 1.165) is 18.1 Å². The third-order valence-corrected chi connectivity index (χ3v) is 7.19. The first-order valence-electron chi connectivity index (χ1n) is 8.75. The number of methoxy groups -OCH3 is 1. The van der Waals surface area contributed by atoms with Crippen LogP contribution in [0.25, 0.3) is 0 Å². The Labute approximate surface area is 135 Å². The van der Waals surface area contributed by atoms with E-state index in [1.54, 1.807) is 12.7 Å². The number of phenols is 1. The molecule has 1 aromatic rings. The molecule has 1 aliphatic heterocycles. The highest BCUT2D eigenvalue weighted by atomic mass is 16.5. The number of ether oxygens (including phenoxy) is 2. The molecule has 2 fully saturated rings. The van der Waals surface area contributed by atoms with Crippen LogP contribution in [0.1, 0.15) is 30.4 Å². The summed E-state index contributed by atoms with van der Waals surface area (Å²) in [7, 11) is 1.73. The minimum Gasteiger partial charge on any atom is -0.504 e. The fraction of sp³-hybridized carbons (Fsp3) is 0.500. The molecule has 4 aliphatic carbocycles. The number of hydrogen-bond donors (Lipinski definition) is 1. The van der Waals surface area contributed by atoms with E-state index in [2.05, 4.69) is 18.2 Å². The van der Waals surface area contributed by atoms with Crippen LogP contribution in [0.4, 0.5) is 0 Å². The number of hydrogen-bond acceptors (Lipinski definition) is 3. The third-order valence-electron chi connectivity index (χ3n) is 7.19. The first-order valence-corrected chi connectivity index (χ1v) is 8.75. The lowest BCUT2D eigenvalue weighted by Gasteiger charge is -2.44. The molecule has 1 heterocycles. The molecule has 3 heteroatoms. The van der Waals surface area contributed by atoms with E-state index in [4.69, 9.17) is 9.47 Å². The lowest BCUT2D eigenvalue weighted by molar-refractivity contribution is 0.0767. The van der Waals surface area contributed by atoms with Gasteiger partial charge in [0.1, 0.15) is 5.76 Å². The highest BCUT2D eigenvalue weighted by Gasteiger charge is 2.70. The number of phenolic OH excluding ortho intramolecular Hbond substituents is 1. The smallest absolute Gasteiger partial charge is 0.169 e. The maximum absolute atomic E-state index is 10.4. The number of allylic oxidation sites excluding steroid dienone is 2. The molecule has 6 rings (SSSR count). The van der Waals surface area contributed by atoms with Crippen LogP contribution in [0.3, 0.4) is 0 Å². The molecule has 0 radical (unpaired) electrons. The summed E-state index contributed by atoms with van der Waals surface area (Å²) in [4.78, 5) is 0. The Morgan fingerprint density at radius 3 is 3.04 bits per heavy atom. The first-order chi connectivity index (χ1) is 11.3. The van der Waals surface area contributed by atoms with E-state index >= 15 is 0 Å². The van der Waals surface area contributed by atoms with Gasteiger partial charge in [0, 0.05) is 5.56 Å². The molecule has 5 atom stereocenters. The minimum absolute atomic E-state index is 0.0758. The van der Waals surface area contributed by atoms with Gasteiger partial charge in [-0.2, -0.15) is 0 Å². The van der Waals surface area contributed by atoms with E-state index in [-0.39, 0.29) is 17.3 Å². The number of aromatic hydroxyl groups is 1. The van der Waals surface area contributed by atoms with Crippen molar-refractivity contribution in [3.8, 4) is 11.5 Å². The van der Waals surface area contributed by atoms with Crippen LogP contribution in [0.15, 0.2) is 35.6 Å². The number of fused-ring (bicyclic) bond motifs is 1. The van der Waals surface area contributed by atoms with Crippen molar-refractivity contribution in [1.29, 1.82) is 0 Å². The molecule has 1 aromatic carbocycles. The zero-order chi connectivity index (χ0) is 15.3. The average molecular weight is 308 g/mol. The van der Waals surface area contributed by atoms with Gasteiger partial charge in [-0.1, -0.05) is 24.1 Å². The second-order valence-corrected chi connectivity index (χ2v) is 7.72. The van der Waals surface area contributed by atoms with Crippen molar-refractivity contribution in [3.05, 3.63) is 46.7 Å². The molecule has 1 N–H and O–H groups in total. The van der Waals surface area contributed by atoms with Gasteiger partial charge in [0.2, 0.25) is 0 Å². The Kier molecular flexibility index (Phi) is 2.05. The maximum Gasteiger partial charge on any atom is 0.169 e. The van der Waals surface area contributed by atoms with E-state index in [1.807, 2.05) is 6.07 Å². The van der Waals surface area contributed by atoms with Gasteiger partial charge in [-0.15, -0.1) is 0 Å². The number of rotatable bonds is 1. The van der Waals surface area contributed by atoms with Gasteiger partial charge in [-0.05, 0) is 54.7 Å². The summed E-state index contributed by atoms with van der Waals surface area (Å²) >= 11 is 0. The highest BCUT2D eigenvalue weighted by molar-refractivity contribution is 5.68. The van der Waals surface area contributed by atoms with Crippen LogP contribution in [0.5, 0.6) is 11.5 Å². The summed E-state index contributed by atoms with van der Waals surface area (Å²) < 4.78 is 12.1. The minimum atomic E-state index is -0.0922. The topological polar surface area (TPSA) is 38.7 Å². The molecule has 0 amide bonds. The van der Waals surface area contributed by atoms with E-state index in [1.165, 1.54) is 30.4 Å². The second kappa shape index (κ2) is 3.77. The normalized spacial score (nSPS) is 40.9. The van der Waals surface area contributed by atoms with E-state index in [9.17, 15) is 5.11 Å². The first kappa shape index (κ1) is 12.5. The zero-order valence-electron chi connectivity index (χ0n) is 13.2. The fourth-order valence-corrected chi connectivity index (χ4v) is 6.63. The van der Waals surface area contributed by atoms with Crippen LogP contribution in [-0.4, -0.2) is 18.3 Å². The van der Waals surface area contributed by atoms with Crippen molar-refractivity contribution in [3.63, 3.8) is 0 Å². The van der Waals surface area contributed by atoms with Crippen LogP contribution < -0.4 is 4.74 Å². The fourth-order valence-electron chi connectivity index (χ4n) is 6.63. The van der Waals surface area contributed by atoms with Gasteiger partial charge in [0.15, 0.2) is 17.6 Å². The van der Waals surface area contributed by atoms with Gasteiger partial charge in [-0.3, -0.25) is 0 Å². The van der Waals surface area contributed by atoms with Crippen molar-refractivity contribution in [2.75, 3.05) is 7.11 Å². The largest absolute Gasteiger partial charge is 0.504 e. The maximum atomic E-state index is 10.4. The standard InChI is InChI=1S/C20H20O3/c1-22-16-8-6-14-11-3-2-4-13-12(11)9-10-5-7-15(21)18-17(10)20(13,14)19(16)23-18/h5-8,11-13,19,21H,2-4,9H2,1H3/t11-,12?,13?,19+,20+/m1/s1. The molecule has 2 saturated carbocycles. The monoisotopic (exact) mass is 308 g/mol. The van der Waals surface area contributed by atoms with Crippen molar-refractivity contribution >= 4 is 0 Å². The Morgan fingerprint density at radius 2 is 2.17 bits per heavy atom. The lowest BCUT2D eigenvalue weighted by Crippen LogP contribution is -2.48. The van der Waals surface area contributed by atoms with Gasteiger partial charge in [0.25, 0.3) is 0 Å². The molecular weight excluding hydrogens is 288 g/mol. The molecular formula is C20H20O3.